The molecule has 1 aromatic heterocycles. The van der Waals surface area contributed by atoms with Crippen molar-refractivity contribution in [2.75, 3.05) is 13.6 Å². The lowest BCUT2D eigenvalue weighted by Gasteiger charge is -2.10. The zero-order chi connectivity index (χ0) is 9.68. The number of likely N-dealkylation sites (N-methyl/N-ethyl adjacent to an activating group) is 1. The summed E-state index contributed by atoms with van der Waals surface area (Å²) in [4.78, 5) is 12.2. The van der Waals surface area contributed by atoms with Crippen molar-refractivity contribution in [2.24, 2.45) is 0 Å². The lowest BCUT2D eigenvalue weighted by atomic mass is 10.3. The van der Waals surface area contributed by atoms with Crippen LogP contribution in [0.5, 0.6) is 0 Å². The molecule has 1 rings (SSSR count). The van der Waals surface area contributed by atoms with Crippen molar-refractivity contribution >= 4 is 17.2 Å². The van der Waals surface area contributed by atoms with Crippen LogP contribution in [0.2, 0.25) is 0 Å². The van der Waals surface area contributed by atoms with Gasteiger partial charge < -0.3 is 10.6 Å². The van der Waals surface area contributed by atoms with Gasteiger partial charge in [-0.3, -0.25) is 4.79 Å². The van der Waals surface area contributed by atoms with Crippen molar-refractivity contribution in [2.45, 2.75) is 13.0 Å². The first kappa shape index (κ1) is 10.2. The zero-order valence-corrected chi connectivity index (χ0v) is 8.65. The molecule has 0 fully saturated rings. The average Bonchev–Trinajstić information content (AvgIpc) is 2.66. The monoisotopic (exact) mass is 198 g/mol. The number of carbonyl (C=O) groups excluding carboxylic acids is 1. The molecule has 1 heterocycles. The number of amides is 1. The molecule has 2 N–H and O–H groups in total. The summed E-state index contributed by atoms with van der Waals surface area (Å²) >= 11 is 1.70. The number of rotatable bonds is 4. The summed E-state index contributed by atoms with van der Waals surface area (Å²) in [5.41, 5.74) is 0. The first-order valence-corrected chi connectivity index (χ1v) is 5.09. The molecule has 1 aromatic rings. The highest BCUT2D eigenvalue weighted by molar-refractivity contribution is 7.10. The Labute approximate surface area is 82.2 Å². The Bertz CT molecular complexity index is 259. The number of carbonyl (C=O) groups is 1. The van der Waals surface area contributed by atoms with Gasteiger partial charge in [0.2, 0.25) is 5.91 Å². The molecule has 13 heavy (non-hydrogen) atoms. The molecule has 1 amide bonds. The number of hydrogen-bond donors (Lipinski definition) is 2. The summed E-state index contributed by atoms with van der Waals surface area (Å²) in [7, 11) is 1.64. The SMILES string of the molecule is CNC(=O)CN[C@H](C)c1cccs1. The zero-order valence-electron chi connectivity index (χ0n) is 7.83. The third-order valence-corrected chi connectivity index (χ3v) is 2.87. The molecule has 0 aliphatic carbocycles. The molecule has 0 spiro atoms. The topological polar surface area (TPSA) is 41.1 Å². The third-order valence-electron chi connectivity index (χ3n) is 1.82. The minimum Gasteiger partial charge on any atom is -0.358 e. The van der Waals surface area contributed by atoms with Gasteiger partial charge >= 0.3 is 0 Å². The van der Waals surface area contributed by atoms with E-state index in [1.807, 2.05) is 11.4 Å². The first-order valence-electron chi connectivity index (χ1n) is 4.21. The van der Waals surface area contributed by atoms with Gasteiger partial charge in [0.1, 0.15) is 0 Å². The van der Waals surface area contributed by atoms with Crippen LogP contribution in [0, 0.1) is 0 Å². The normalized spacial score (nSPS) is 12.5. The van der Waals surface area contributed by atoms with Crippen molar-refractivity contribution in [3.05, 3.63) is 22.4 Å². The second-order valence-electron chi connectivity index (χ2n) is 2.79. The maximum atomic E-state index is 10.9. The Morgan fingerprint density at radius 3 is 3.00 bits per heavy atom. The van der Waals surface area contributed by atoms with Crippen LogP contribution in [0.15, 0.2) is 17.5 Å². The number of hydrogen-bond acceptors (Lipinski definition) is 3. The van der Waals surface area contributed by atoms with Gasteiger partial charge in [-0.15, -0.1) is 11.3 Å². The fourth-order valence-corrected chi connectivity index (χ4v) is 1.73. The summed E-state index contributed by atoms with van der Waals surface area (Å²) in [5, 5.41) is 7.74. The van der Waals surface area contributed by atoms with Crippen molar-refractivity contribution in [3.63, 3.8) is 0 Å². The molecule has 0 saturated carbocycles. The highest BCUT2D eigenvalue weighted by Crippen LogP contribution is 2.17. The third kappa shape index (κ3) is 3.16. The molecule has 4 heteroatoms. The maximum absolute atomic E-state index is 10.9. The van der Waals surface area contributed by atoms with Crippen LogP contribution < -0.4 is 10.6 Å². The van der Waals surface area contributed by atoms with Crippen LogP contribution in [-0.2, 0) is 4.79 Å². The Morgan fingerprint density at radius 1 is 1.69 bits per heavy atom. The molecule has 0 radical (unpaired) electrons. The van der Waals surface area contributed by atoms with E-state index in [0.29, 0.717) is 6.54 Å². The van der Waals surface area contributed by atoms with Crippen LogP contribution in [0.1, 0.15) is 17.8 Å². The van der Waals surface area contributed by atoms with Crippen LogP contribution >= 0.6 is 11.3 Å². The van der Waals surface area contributed by atoms with Crippen molar-refractivity contribution < 1.29 is 4.79 Å². The van der Waals surface area contributed by atoms with E-state index in [1.165, 1.54) is 4.88 Å². The van der Waals surface area contributed by atoms with Gasteiger partial charge in [-0.05, 0) is 18.4 Å². The summed E-state index contributed by atoms with van der Waals surface area (Å²) in [6.45, 7) is 2.42. The minimum absolute atomic E-state index is 0.0170. The lowest BCUT2D eigenvalue weighted by molar-refractivity contribution is -0.119. The van der Waals surface area contributed by atoms with E-state index in [4.69, 9.17) is 0 Å². The van der Waals surface area contributed by atoms with Gasteiger partial charge in [-0.2, -0.15) is 0 Å². The average molecular weight is 198 g/mol. The van der Waals surface area contributed by atoms with E-state index < -0.39 is 0 Å². The molecular formula is C9H14N2OS. The van der Waals surface area contributed by atoms with E-state index in [0.717, 1.165) is 0 Å². The second-order valence-corrected chi connectivity index (χ2v) is 3.77. The standard InChI is InChI=1S/C9H14N2OS/c1-7(8-4-3-5-13-8)11-6-9(12)10-2/h3-5,7,11H,6H2,1-2H3,(H,10,12)/t7-/m1/s1. The molecule has 0 unspecified atom stereocenters. The van der Waals surface area contributed by atoms with Crippen LogP contribution in [-0.4, -0.2) is 19.5 Å². The summed E-state index contributed by atoms with van der Waals surface area (Å²) in [6.07, 6.45) is 0. The molecule has 0 aromatic carbocycles. The molecular weight excluding hydrogens is 184 g/mol. The molecule has 72 valence electrons. The van der Waals surface area contributed by atoms with E-state index in [2.05, 4.69) is 23.6 Å². The summed E-state index contributed by atoms with van der Waals surface area (Å²) in [6, 6.07) is 4.32. The van der Waals surface area contributed by atoms with E-state index in [9.17, 15) is 4.79 Å². The first-order chi connectivity index (χ1) is 6.24. The van der Waals surface area contributed by atoms with Gasteiger partial charge in [0.05, 0.1) is 6.54 Å². The van der Waals surface area contributed by atoms with Crippen molar-refractivity contribution in [1.82, 2.24) is 10.6 Å². The molecule has 3 nitrogen and oxygen atoms in total. The molecule has 0 bridgehead atoms. The second kappa shape index (κ2) is 4.99. The molecule has 0 saturated heterocycles. The predicted octanol–water partition coefficient (Wildman–Crippen LogP) is 1.14. The maximum Gasteiger partial charge on any atom is 0.233 e. The molecule has 1 atom stereocenters. The van der Waals surface area contributed by atoms with Gasteiger partial charge in [-0.1, -0.05) is 6.07 Å². The van der Waals surface area contributed by atoms with Crippen LogP contribution in [0.25, 0.3) is 0 Å². The smallest absolute Gasteiger partial charge is 0.233 e. The minimum atomic E-state index is 0.0170. The van der Waals surface area contributed by atoms with Crippen molar-refractivity contribution in [1.29, 1.82) is 0 Å². The molecule has 0 aliphatic heterocycles. The van der Waals surface area contributed by atoms with Crippen molar-refractivity contribution in [3.8, 4) is 0 Å². The van der Waals surface area contributed by atoms with Crippen LogP contribution in [0.3, 0.4) is 0 Å². The quantitative estimate of drug-likeness (QED) is 0.762. The van der Waals surface area contributed by atoms with Gasteiger partial charge in [0, 0.05) is 18.0 Å². The largest absolute Gasteiger partial charge is 0.358 e. The van der Waals surface area contributed by atoms with Gasteiger partial charge in [0.15, 0.2) is 0 Å². The Kier molecular flexibility index (Phi) is 3.92. The van der Waals surface area contributed by atoms with E-state index in [1.54, 1.807) is 18.4 Å². The van der Waals surface area contributed by atoms with E-state index >= 15 is 0 Å². The van der Waals surface area contributed by atoms with E-state index in [-0.39, 0.29) is 11.9 Å². The fraction of sp³-hybridized carbons (Fsp3) is 0.444. The van der Waals surface area contributed by atoms with Gasteiger partial charge in [-0.25, -0.2) is 0 Å². The summed E-state index contributed by atoms with van der Waals surface area (Å²) in [5.74, 6) is 0.0170. The Morgan fingerprint density at radius 2 is 2.46 bits per heavy atom. The molecule has 0 aliphatic rings. The Hall–Kier alpha value is -0.870. The van der Waals surface area contributed by atoms with Gasteiger partial charge in [0.25, 0.3) is 0 Å². The highest BCUT2D eigenvalue weighted by atomic mass is 32.1. The fourth-order valence-electron chi connectivity index (χ4n) is 0.972. The highest BCUT2D eigenvalue weighted by Gasteiger charge is 2.06. The van der Waals surface area contributed by atoms with Crippen LogP contribution in [0.4, 0.5) is 0 Å². The predicted molar refractivity (Wildman–Crippen MR) is 54.8 cm³/mol. The Balaban J connectivity index is 2.34. The number of nitrogens with one attached hydrogen (secondary N) is 2. The number of thiophene rings is 1. The lowest BCUT2D eigenvalue weighted by Crippen LogP contribution is -2.32. The summed E-state index contributed by atoms with van der Waals surface area (Å²) < 4.78 is 0.